The predicted molar refractivity (Wildman–Crippen MR) is 160 cm³/mol. The molecule has 1 saturated heterocycles. The van der Waals surface area contributed by atoms with E-state index >= 15 is 0 Å². The first kappa shape index (κ1) is 33.2. The van der Waals surface area contributed by atoms with Crippen LogP contribution in [0.5, 0.6) is 5.75 Å². The summed E-state index contributed by atoms with van der Waals surface area (Å²) in [5, 5.41) is 17.5. The van der Waals surface area contributed by atoms with Crippen molar-refractivity contribution < 1.29 is 46.3 Å². The van der Waals surface area contributed by atoms with Gasteiger partial charge >= 0.3 is 12.1 Å². The lowest BCUT2D eigenvalue weighted by Gasteiger charge is -2.29. The fraction of sp³-hybridized carbons (Fsp3) is 0.290. The maximum Gasteiger partial charge on any atom is 0.417 e. The van der Waals surface area contributed by atoms with Crippen molar-refractivity contribution in [3.05, 3.63) is 77.9 Å². The summed E-state index contributed by atoms with van der Waals surface area (Å²) in [4.78, 5) is 26.3. The van der Waals surface area contributed by atoms with E-state index in [9.17, 15) is 27.0 Å². The number of carboxylic acids is 1. The van der Waals surface area contributed by atoms with Crippen molar-refractivity contribution in [3.63, 3.8) is 0 Å². The summed E-state index contributed by atoms with van der Waals surface area (Å²) < 4.78 is 69.1. The smallest absolute Gasteiger partial charge is 0.417 e. The number of hydrogen-bond donors (Lipinski definition) is 1. The van der Waals surface area contributed by atoms with E-state index in [1.807, 2.05) is 12.1 Å². The Labute approximate surface area is 260 Å². The monoisotopic (exact) mass is 643 g/mol. The Bertz CT molecular complexity index is 1650. The molecule has 236 valence electrons. The minimum absolute atomic E-state index is 0.0154. The van der Waals surface area contributed by atoms with Gasteiger partial charge in [0.25, 0.3) is 5.91 Å². The lowest BCUT2D eigenvalue weighted by molar-refractivity contribution is -0.142. The zero-order valence-corrected chi connectivity index (χ0v) is 25.0. The van der Waals surface area contributed by atoms with Crippen LogP contribution in [0.4, 0.5) is 24.5 Å². The maximum atomic E-state index is 13.6. The minimum atomic E-state index is -4.83. The second kappa shape index (κ2) is 13.9. The molecule has 0 aromatic heterocycles. The summed E-state index contributed by atoms with van der Waals surface area (Å²) in [5.41, 5.74) is -1.10. The van der Waals surface area contributed by atoms with E-state index in [2.05, 4.69) is 0 Å². The van der Waals surface area contributed by atoms with E-state index in [0.717, 1.165) is 22.1 Å². The molecule has 1 aliphatic rings. The highest BCUT2D eigenvalue weighted by atomic mass is 32.1. The molecular formula is C31H28F3N3O7S. The van der Waals surface area contributed by atoms with Crippen LogP contribution in [0.3, 0.4) is 0 Å². The lowest BCUT2D eigenvalue weighted by Crippen LogP contribution is -2.44. The SMILES string of the molecule is CC1(C)C(=O)N(c2ccc(C#N)c(C(F)(F)F)c2)C(=S=O)N1c1ccc(-c2ccc(OCCOCCOCC(=O)O)cc2)cc1. The first-order chi connectivity index (χ1) is 21.4. The Morgan fingerprint density at radius 3 is 2.09 bits per heavy atom. The number of carboxylic acid groups (broad SMARTS) is 1. The molecule has 4 rings (SSSR count). The molecule has 0 unspecified atom stereocenters. The Kier molecular flexibility index (Phi) is 10.3. The van der Waals surface area contributed by atoms with Gasteiger partial charge in [-0.25, -0.2) is 9.00 Å². The van der Waals surface area contributed by atoms with Crippen LogP contribution in [0.15, 0.2) is 66.7 Å². The molecule has 10 nitrogen and oxygen atoms in total. The molecule has 3 aromatic rings. The summed E-state index contributed by atoms with van der Waals surface area (Å²) >= 11 is -0.0154. The first-order valence-corrected chi connectivity index (χ1v) is 14.3. The molecule has 45 heavy (non-hydrogen) atoms. The molecule has 0 saturated carbocycles. The van der Waals surface area contributed by atoms with Gasteiger partial charge in [0.05, 0.1) is 42.7 Å². The summed E-state index contributed by atoms with van der Waals surface area (Å²) in [5.74, 6) is -1.03. The van der Waals surface area contributed by atoms with Gasteiger partial charge in [0, 0.05) is 5.69 Å². The average molecular weight is 644 g/mol. The largest absolute Gasteiger partial charge is 0.491 e. The van der Waals surface area contributed by atoms with Crippen molar-refractivity contribution in [2.45, 2.75) is 25.6 Å². The van der Waals surface area contributed by atoms with Crippen LogP contribution in [0, 0.1) is 11.3 Å². The molecule has 1 fully saturated rings. The molecule has 1 heterocycles. The molecule has 14 heteroatoms. The summed E-state index contributed by atoms with van der Waals surface area (Å²) in [6.45, 7) is 3.76. The molecule has 0 atom stereocenters. The Balaban J connectivity index is 1.46. The standard InChI is InChI=1S/C31H28F3N3O7S/c1-30(2)28(40)36(24-10-5-22(18-35)26(17-24)31(32,33)34)29(45-41)37(30)23-8-3-20(4-9-23)21-6-11-25(12-7-21)44-16-15-42-13-14-43-19-27(38)39/h3-12,17H,13-16,19H2,1-2H3,(H,38,39). The highest BCUT2D eigenvalue weighted by Crippen LogP contribution is 2.39. The van der Waals surface area contributed by atoms with Gasteiger partial charge in [0.2, 0.25) is 5.11 Å². The van der Waals surface area contributed by atoms with E-state index < -0.39 is 34.7 Å². The third kappa shape index (κ3) is 7.51. The fourth-order valence-electron chi connectivity index (χ4n) is 4.68. The van der Waals surface area contributed by atoms with Gasteiger partial charge < -0.3 is 24.2 Å². The number of benzene rings is 3. The van der Waals surface area contributed by atoms with Crippen molar-refractivity contribution in [1.82, 2.24) is 0 Å². The molecule has 1 N–H and O–H groups in total. The van der Waals surface area contributed by atoms with Crippen molar-refractivity contribution in [1.29, 1.82) is 5.26 Å². The van der Waals surface area contributed by atoms with E-state index in [-0.39, 0.29) is 48.5 Å². The minimum Gasteiger partial charge on any atom is -0.491 e. The quantitative estimate of drug-likeness (QED) is 0.221. The number of carbonyl (C=O) groups is 2. The zero-order valence-electron chi connectivity index (χ0n) is 24.2. The number of alkyl halides is 3. The van der Waals surface area contributed by atoms with E-state index in [1.165, 1.54) is 17.0 Å². The van der Waals surface area contributed by atoms with Gasteiger partial charge in [-0.3, -0.25) is 9.69 Å². The van der Waals surface area contributed by atoms with Crippen LogP contribution in [0.1, 0.15) is 25.0 Å². The van der Waals surface area contributed by atoms with Crippen molar-refractivity contribution in [3.8, 4) is 22.9 Å². The number of amides is 1. The Morgan fingerprint density at radius 1 is 0.933 bits per heavy atom. The van der Waals surface area contributed by atoms with E-state index in [4.69, 9.17) is 24.6 Å². The number of hydrogen-bond acceptors (Lipinski definition) is 7. The molecule has 0 radical (unpaired) electrons. The van der Waals surface area contributed by atoms with Crippen LogP contribution in [0.25, 0.3) is 11.1 Å². The van der Waals surface area contributed by atoms with Crippen LogP contribution < -0.4 is 14.5 Å². The average Bonchev–Trinajstić information content (AvgIpc) is 3.22. The zero-order chi connectivity index (χ0) is 32.8. The number of aliphatic carboxylic acids is 1. The number of nitrogens with zero attached hydrogens (tertiary/aromatic N) is 3. The van der Waals surface area contributed by atoms with Gasteiger partial charge in [0.1, 0.15) is 35.8 Å². The molecular weight excluding hydrogens is 615 g/mol. The van der Waals surface area contributed by atoms with Crippen molar-refractivity contribution >= 4 is 39.6 Å². The summed E-state index contributed by atoms with van der Waals surface area (Å²) in [7, 11) is 0. The van der Waals surface area contributed by atoms with Crippen molar-refractivity contribution in [2.24, 2.45) is 0 Å². The lowest BCUT2D eigenvalue weighted by atomic mass is 10.0. The number of carbonyl (C=O) groups excluding carboxylic acids is 1. The number of rotatable bonds is 12. The van der Waals surface area contributed by atoms with Crippen molar-refractivity contribution in [2.75, 3.05) is 42.8 Å². The molecule has 0 bridgehead atoms. The normalized spacial score (nSPS) is 14.4. The van der Waals surface area contributed by atoms with Gasteiger partial charge in [-0.05, 0) is 67.4 Å². The number of anilines is 2. The van der Waals surface area contributed by atoms with E-state index in [1.54, 1.807) is 50.2 Å². The first-order valence-electron chi connectivity index (χ1n) is 13.5. The number of ether oxygens (including phenoxy) is 3. The van der Waals surface area contributed by atoms with E-state index in [0.29, 0.717) is 24.1 Å². The molecule has 3 aromatic carbocycles. The van der Waals surface area contributed by atoms with Crippen LogP contribution in [0.2, 0.25) is 0 Å². The molecule has 0 spiro atoms. The Hall–Kier alpha value is -4.71. The second-order valence-electron chi connectivity index (χ2n) is 10.2. The third-order valence-corrected chi connectivity index (χ3v) is 7.35. The van der Waals surface area contributed by atoms with Crippen LogP contribution in [-0.2, 0) is 36.5 Å². The highest BCUT2D eigenvalue weighted by Gasteiger charge is 2.51. The second-order valence-corrected chi connectivity index (χ2v) is 10.8. The summed E-state index contributed by atoms with van der Waals surface area (Å²) in [6, 6.07) is 18.7. The van der Waals surface area contributed by atoms with Crippen LogP contribution >= 0.6 is 0 Å². The Morgan fingerprint density at radius 2 is 1.51 bits per heavy atom. The van der Waals surface area contributed by atoms with Gasteiger partial charge in [-0.1, -0.05) is 24.3 Å². The van der Waals surface area contributed by atoms with Gasteiger partial charge in [0.15, 0.2) is 0 Å². The van der Waals surface area contributed by atoms with Gasteiger partial charge in [-0.15, -0.1) is 0 Å². The maximum absolute atomic E-state index is 13.6. The molecule has 1 amide bonds. The summed E-state index contributed by atoms with van der Waals surface area (Å²) in [6.07, 6.45) is -4.83. The topological polar surface area (TPSA) is 129 Å². The highest BCUT2D eigenvalue weighted by molar-refractivity contribution is 7.67. The van der Waals surface area contributed by atoms with Crippen LogP contribution in [-0.4, -0.2) is 64.9 Å². The fourth-order valence-corrected chi connectivity index (χ4v) is 5.35. The number of halogens is 3. The predicted octanol–water partition coefficient (Wildman–Crippen LogP) is 4.67. The van der Waals surface area contributed by atoms with Gasteiger partial charge in [-0.2, -0.15) is 18.4 Å². The molecule has 1 aliphatic heterocycles. The third-order valence-electron chi connectivity index (χ3n) is 6.84. The number of nitriles is 1. The molecule has 0 aliphatic carbocycles.